The molecule has 1 aliphatic rings. The van der Waals surface area contributed by atoms with Gasteiger partial charge < -0.3 is 9.84 Å². The number of methoxy groups -OCH3 is 1. The summed E-state index contributed by atoms with van der Waals surface area (Å²) in [5.74, 6) is -1.95. The molecular weight excluding hydrogens is 238 g/mol. The van der Waals surface area contributed by atoms with E-state index in [-0.39, 0.29) is 17.0 Å². The number of carboxylic acids is 1. The zero-order valence-corrected chi connectivity index (χ0v) is 9.41. The first-order valence-electron chi connectivity index (χ1n) is 5.02. The minimum absolute atomic E-state index is 0.0294. The van der Waals surface area contributed by atoms with Crippen LogP contribution in [-0.2, 0) is 9.59 Å². The predicted molar refractivity (Wildman–Crippen MR) is 61.6 cm³/mol. The van der Waals surface area contributed by atoms with Gasteiger partial charge >= 0.3 is 5.97 Å². The van der Waals surface area contributed by atoms with E-state index in [9.17, 15) is 14.4 Å². The van der Waals surface area contributed by atoms with Crippen LogP contribution in [0.4, 0.5) is 5.69 Å². The van der Waals surface area contributed by atoms with Crippen LogP contribution in [0.25, 0.3) is 0 Å². The van der Waals surface area contributed by atoms with Gasteiger partial charge in [-0.2, -0.15) is 0 Å². The Kier molecular flexibility index (Phi) is 2.85. The largest absolute Gasteiger partial charge is 0.495 e. The average Bonchev–Trinajstić information content (AvgIpc) is 2.68. The van der Waals surface area contributed by atoms with Crippen molar-refractivity contribution in [3.05, 3.63) is 35.9 Å². The van der Waals surface area contributed by atoms with Crippen molar-refractivity contribution in [2.45, 2.75) is 0 Å². The summed E-state index contributed by atoms with van der Waals surface area (Å²) in [4.78, 5) is 34.9. The molecule has 0 unspecified atom stereocenters. The number of nitrogens with zero attached hydrogens (tertiary/aromatic N) is 1. The summed E-state index contributed by atoms with van der Waals surface area (Å²) in [6.07, 6.45) is 2.24. The Labute approximate surface area is 102 Å². The molecule has 1 aliphatic heterocycles. The van der Waals surface area contributed by atoms with Crippen LogP contribution in [0.3, 0.4) is 0 Å². The lowest BCUT2D eigenvalue weighted by molar-refractivity contribution is -0.120. The van der Waals surface area contributed by atoms with Gasteiger partial charge in [-0.3, -0.25) is 9.59 Å². The summed E-state index contributed by atoms with van der Waals surface area (Å²) in [6, 6.07) is 3.96. The van der Waals surface area contributed by atoms with E-state index in [2.05, 4.69) is 0 Å². The number of carbonyl (C=O) groups is 3. The second-order valence-electron chi connectivity index (χ2n) is 3.54. The number of rotatable bonds is 3. The van der Waals surface area contributed by atoms with Gasteiger partial charge in [0.2, 0.25) is 0 Å². The van der Waals surface area contributed by atoms with Gasteiger partial charge in [-0.15, -0.1) is 0 Å². The normalized spacial score (nSPS) is 14.2. The lowest BCUT2D eigenvalue weighted by Crippen LogP contribution is -2.30. The number of carbonyl (C=O) groups excluding carboxylic acids is 2. The molecule has 0 fully saturated rings. The Morgan fingerprint density at radius 2 is 1.83 bits per heavy atom. The maximum absolute atomic E-state index is 11.5. The highest BCUT2D eigenvalue weighted by molar-refractivity contribution is 6.28. The summed E-state index contributed by atoms with van der Waals surface area (Å²) in [7, 11) is 1.37. The van der Waals surface area contributed by atoms with Gasteiger partial charge in [0, 0.05) is 12.2 Å². The van der Waals surface area contributed by atoms with E-state index in [0.717, 1.165) is 17.1 Å². The Balaban J connectivity index is 2.54. The van der Waals surface area contributed by atoms with Crippen LogP contribution in [0.2, 0.25) is 0 Å². The molecule has 0 spiro atoms. The van der Waals surface area contributed by atoms with Crippen LogP contribution in [-0.4, -0.2) is 30.0 Å². The van der Waals surface area contributed by atoms with E-state index in [0.29, 0.717) is 0 Å². The summed E-state index contributed by atoms with van der Waals surface area (Å²) in [5.41, 5.74) is 0.0932. The number of aromatic carboxylic acids is 1. The number of hydrogen-bond donors (Lipinski definition) is 1. The monoisotopic (exact) mass is 247 g/mol. The highest BCUT2D eigenvalue weighted by Gasteiger charge is 2.28. The fourth-order valence-electron chi connectivity index (χ4n) is 1.64. The van der Waals surface area contributed by atoms with Crippen molar-refractivity contribution in [2.24, 2.45) is 0 Å². The quantitative estimate of drug-likeness (QED) is 0.799. The van der Waals surface area contributed by atoms with E-state index in [1.165, 1.54) is 25.3 Å². The van der Waals surface area contributed by atoms with E-state index < -0.39 is 17.8 Å². The van der Waals surface area contributed by atoms with E-state index in [1.807, 2.05) is 0 Å². The number of anilines is 1. The zero-order chi connectivity index (χ0) is 13.3. The van der Waals surface area contributed by atoms with Crippen LogP contribution in [0.1, 0.15) is 10.4 Å². The maximum Gasteiger partial charge on any atom is 0.335 e. The molecule has 0 aliphatic carbocycles. The summed E-state index contributed by atoms with van der Waals surface area (Å²) < 4.78 is 5.02. The topological polar surface area (TPSA) is 83.9 Å². The molecule has 0 saturated heterocycles. The van der Waals surface area contributed by atoms with E-state index in [1.54, 1.807) is 0 Å². The van der Waals surface area contributed by atoms with Crippen LogP contribution in [0.5, 0.6) is 5.75 Å². The minimum Gasteiger partial charge on any atom is -0.495 e. The summed E-state index contributed by atoms with van der Waals surface area (Å²) >= 11 is 0. The van der Waals surface area contributed by atoms with E-state index >= 15 is 0 Å². The third-order valence-corrected chi connectivity index (χ3v) is 2.48. The molecule has 6 heteroatoms. The molecule has 0 atom stereocenters. The first-order chi connectivity index (χ1) is 8.54. The zero-order valence-electron chi connectivity index (χ0n) is 9.41. The molecule has 2 rings (SSSR count). The molecule has 0 radical (unpaired) electrons. The molecule has 0 bridgehead atoms. The molecular formula is C12H9NO5. The molecule has 6 nitrogen and oxygen atoms in total. The average molecular weight is 247 g/mol. The molecule has 2 amide bonds. The number of carboxylic acid groups (broad SMARTS) is 1. The molecule has 1 aromatic rings. The lowest BCUT2D eigenvalue weighted by Gasteiger charge is -2.17. The van der Waals surface area contributed by atoms with Crippen molar-refractivity contribution >= 4 is 23.5 Å². The van der Waals surface area contributed by atoms with Crippen molar-refractivity contribution in [1.82, 2.24) is 0 Å². The maximum atomic E-state index is 11.5. The first-order valence-corrected chi connectivity index (χ1v) is 5.02. The van der Waals surface area contributed by atoms with Gasteiger partial charge in [0.1, 0.15) is 5.75 Å². The fraction of sp³-hybridized carbons (Fsp3) is 0.0833. The van der Waals surface area contributed by atoms with Gasteiger partial charge in [-0.05, 0) is 18.2 Å². The van der Waals surface area contributed by atoms with Crippen molar-refractivity contribution in [3.8, 4) is 5.75 Å². The highest BCUT2D eigenvalue weighted by atomic mass is 16.5. The minimum atomic E-state index is -1.15. The predicted octanol–water partition coefficient (Wildman–Crippen LogP) is 0.823. The SMILES string of the molecule is COc1ccc(C(=O)O)cc1N1C(=O)C=CC1=O. The van der Waals surface area contributed by atoms with Crippen LogP contribution in [0, 0.1) is 0 Å². The second kappa shape index (κ2) is 4.33. The molecule has 1 heterocycles. The van der Waals surface area contributed by atoms with Gasteiger partial charge in [0.15, 0.2) is 0 Å². The molecule has 0 aromatic heterocycles. The number of benzene rings is 1. The molecule has 0 saturated carbocycles. The number of ether oxygens (including phenoxy) is 1. The number of imide groups is 1. The van der Waals surface area contributed by atoms with Gasteiger partial charge in [0.25, 0.3) is 11.8 Å². The van der Waals surface area contributed by atoms with Gasteiger partial charge in [-0.25, -0.2) is 9.69 Å². The second-order valence-corrected chi connectivity index (χ2v) is 3.54. The van der Waals surface area contributed by atoms with Crippen LogP contribution >= 0.6 is 0 Å². The van der Waals surface area contributed by atoms with Crippen LogP contribution < -0.4 is 9.64 Å². The molecule has 18 heavy (non-hydrogen) atoms. The van der Waals surface area contributed by atoms with Crippen molar-refractivity contribution < 1.29 is 24.2 Å². The van der Waals surface area contributed by atoms with Gasteiger partial charge in [0.05, 0.1) is 18.4 Å². The fourth-order valence-corrected chi connectivity index (χ4v) is 1.64. The molecule has 92 valence electrons. The first kappa shape index (κ1) is 11.8. The smallest absolute Gasteiger partial charge is 0.335 e. The third kappa shape index (κ3) is 1.84. The summed E-state index contributed by atoms with van der Waals surface area (Å²) in [6.45, 7) is 0. The molecule has 1 aromatic carbocycles. The molecule has 1 N–H and O–H groups in total. The number of amides is 2. The Morgan fingerprint density at radius 1 is 1.22 bits per heavy atom. The Morgan fingerprint density at radius 3 is 2.33 bits per heavy atom. The number of hydrogen-bond acceptors (Lipinski definition) is 4. The van der Waals surface area contributed by atoms with Crippen molar-refractivity contribution in [1.29, 1.82) is 0 Å². The van der Waals surface area contributed by atoms with Crippen molar-refractivity contribution in [2.75, 3.05) is 12.0 Å². The Bertz CT molecular complexity index is 558. The standard InChI is InChI=1S/C12H9NO5/c1-18-9-3-2-7(12(16)17)6-8(9)13-10(14)4-5-11(13)15/h2-6H,1H3,(H,16,17). The van der Waals surface area contributed by atoms with Crippen LogP contribution in [0.15, 0.2) is 30.4 Å². The Hall–Kier alpha value is -2.63. The summed E-state index contributed by atoms with van der Waals surface area (Å²) in [5, 5.41) is 8.90. The lowest BCUT2D eigenvalue weighted by atomic mass is 10.1. The third-order valence-electron chi connectivity index (χ3n) is 2.48. The van der Waals surface area contributed by atoms with Gasteiger partial charge in [-0.1, -0.05) is 0 Å². The highest BCUT2D eigenvalue weighted by Crippen LogP contribution is 2.31. The van der Waals surface area contributed by atoms with Crippen molar-refractivity contribution in [3.63, 3.8) is 0 Å². The van der Waals surface area contributed by atoms with E-state index in [4.69, 9.17) is 9.84 Å².